The molecule has 4 N–H and O–H groups in total. The smallest absolute Gasteiger partial charge is 0.351 e. The fourth-order valence-electron chi connectivity index (χ4n) is 3.10. The summed E-state index contributed by atoms with van der Waals surface area (Å²) >= 11 is 0. The van der Waals surface area contributed by atoms with Gasteiger partial charge in [-0.05, 0) is 25.1 Å². The summed E-state index contributed by atoms with van der Waals surface area (Å²) in [6.07, 6.45) is -5.00. The van der Waals surface area contributed by atoms with E-state index in [-0.39, 0.29) is 11.6 Å². The number of nitrogens with one attached hydrogen (secondary N) is 1. The van der Waals surface area contributed by atoms with E-state index in [4.69, 9.17) is 25.4 Å². The first kappa shape index (κ1) is 26.1. The number of hydroxylamine groups is 1. The molecule has 1 aromatic heterocycles. The zero-order valence-corrected chi connectivity index (χ0v) is 19.1. The van der Waals surface area contributed by atoms with Crippen molar-refractivity contribution >= 4 is 20.0 Å². The number of carbonyl (C=O) groups excluding carboxylic acids is 1. The Morgan fingerprint density at radius 3 is 2.80 bits per heavy atom. The second-order valence-electron chi connectivity index (χ2n) is 7.27. The van der Waals surface area contributed by atoms with Gasteiger partial charge in [-0.1, -0.05) is 23.0 Å². The summed E-state index contributed by atoms with van der Waals surface area (Å²) in [5, 5.41) is 25.1. The number of hydrogen-bond acceptors (Lipinski definition) is 12. The predicted molar refractivity (Wildman–Crippen MR) is 112 cm³/mol. The molecule has 1 aliphatic rings. The first-order valence-electron chi connectivity index (χ1n) is 9.92. The van der Waals surface area contributed by atoms with Crippen LogP contribution in [-0.2, 0) is 18.6 Å². The highest BCUT2D eigenvalue weighted by Crippen LogP contribution is 2.42. The molecule has 1 aliphatic heterocycles. The molecular weight excluding hydrogens is 492 g/mol. The molecule has 0 saturated carbocycles. The van der Waals surface area contributed by atoms with Crippen molar-refractivity contribution in [3.05, 3.63) is 53.1 Å². The van der Waals surface area contributed by atoms with E-state index in [1.807, 2.05) is 0 Å². The van der Waals surface area contributed by atoms with Gasteiger partial charge >= 0.3 is 11.4 Å². The van der Waals surface area contributed by atoms with Gasteiger partial charge in [0.1, 0.15) is 29.8 Å². The second-order valence-corrected chi connectivity index (χ2v) is 8.53. The number of halogens is 1. The minimum atomic E-state index is -3.60. The van der Waals surface area contributed by atoms with Crippen LogP contribution < -0.4 is 26.3 Å². The van der Waals surface area contributed by atoms with E-state index in [1.165, 1.54) is 18.2 Å². The van der Waals surface area contributed by atoms with Gasteiger partial charge in [-0.25, -0.2) is 9.18 Å². The summed E-state index contributed by atoms with van der Waals surface area (Å²) < 4.78 is 39.3. The fraction of sp³-hybridized carbons (Fsp3) is 0.389. The lowest BCUT2D eigenvalue weighted by Gasteiger charge is -2.28. The van der Waals surface area contributed by atoms with Crippen molar-refractivity contribution in [3.8, 4) is 5.75 Å². The van der Waals surface area contributed by atoms with Crippen LogP contribution >= 0.6 is 8.18 Å². The normalized spacial score (nSPS) is 25.5. The standard InChI is InChI=1S/C18H21FN7O8P/c1-10(16(28)29)26(34-11-5-3-2-4-6-11)35(31)32-9-18(23-24-21)14(19)13(27)15(33-18)25-8-7-12(20)22-17(25)30/h2-8,10,13-15,21,27,35H,9H2,1H3,(H2-,20,22,28,29,30)/t10?,13-,14+,15-,18-/m1/s1. The van der Waals surface area contributed by atoms with Crippen molar-refractivity contribution < 1.29 is 38.1 Å². The average Bonchev–Trinajstić information content (AvgIpc) is 3.07. The number of ether oxygens (including phenoxy) is 1. The van der Waals surface area contributed by atoms with Crippen LogP contribution in [0.2, 0.25) is 0 Å². The number of rotatable bonds is 10. The van der Waals surface area contributed by atoms with E-state index >= 15 is 4.39 Å². The van der Waals surface area contributed by atoms with Crippen LogP contribution in [0.15, 0.2) is 52.5 Å². The summed E-state index contributed by atoms with van der Waals surface area (Å²) in [7, 11) is -3.60. The van der Waals surface area contributed by atoms with E-state index < -0.39 is 56.7 Å². The lowest BCUT2D eigenvalue weighted by molar-refractivity contribution is -0.313. The van der Waals surface area contributed by atoms with Gasteiger partial charge in [-0.3, -0.25) is 9.13 Å². The maximum Gasteiger partial charge on any atom is 0.351 e. The van der Waals surface area contributed by atoms with Gasteiger partial charge in [-0.15, -0.1) is 0 Å². The number of carbonyl (C=O) groups is 1. The number of nitrogen functional groups attached to an aromatic ring is 1. The van der Waals surface area contributed by atoms with Crippen molar-refractivity contribution in [1.82, 2.24) is 19.3 Å². The molecule has 0 bridgehead atoms. The van der Waals surface area contributed by atoms with Crippen molar-refractivity contribution in [3.63, 3.8) is 0 Å². The van der Waals surface area contributed by atoms with E-state index in [9.17, 15) is 24.4 Å². The van der Waals surface area contributed by atoms with Gasteiger partial charge in [0.2, 0.25) is 4.91 Å². The number of aliphatic hydroxyl groups excluding tert-OH is 1. The molecule has 1 saturated heterocycles. The number of para-hydroxylation sites is 1. The summed E-state index contributed by atoms with van der Waals surface area (Å²) in [4.78, 5) is 35.6. The predicted octanol–water partition coefficient (Wildman–Crippen LogP) is -0.859. The maximum absolute atomic E-state index is 15.2. The first-order chi connectivity index (χ1) is 16.6. The number of alkyl halides is 1. The molecule has 1 aromatic carbocycles. The monoisotopic (exact) mass is 513 g/mol. The Balaban J connectivity index is 1.84. The van der Waals surface area contributed by atoms with Crippen LogP contribution in [0.5, 0.6) is 5.75 Å². The zero-order valence-electron chi connectivity index (χ0n) is 18.1. The second kappa shape index (κ2) is 10.8. The fourth-order valence-corrected chi connectivity index (χ4v) is 4.15. The van der Waals surface area contributed by atoms with Crippen molar-refractivity contribution in [2.45, 2.75) is 37.2 Å². The van der Waals surface area contributed by atoms with Gasteiger partial charge < -0.3 is 34.8 Å². The molecule has 35 heavy (non-hydrogen) atoms. The minimum Gasteiger partial charge on any atom is -0.548 e. The summed E-state index contributed by atoms with van der Waals surface area (Å²) in [5.41, 5.74) is 8.95. The maximum atomic E-state index is 15.2. The lowest BCUT2D eigenvalue weighted by Crippen LogP contribution is -2.46. The molecule has 188 valence electrons. The number of carboxylic acid groups (broad SMARTS) is 1. The van der Waals surface area contributed by atoms with E-state index in [1.54, 1.807) is 18.2 Å². The quantitative estimate of drug-likeness (QED) is 0.154. The number of anilines is 1. The third-order valence-corrected chi connectivity index (χ3v) is 6.14. The highest BCUT2D eigenvalue weighted by atomic mass is 31.1. The Morgan fingerprint density at radius 1 is 1.51 bits per heavy atom. The zero-order chi connectivity index (χ0) is 25.8. The Morgan fingerprint density at radius 2 is 2.20 bits per heavy atom. The molecule has 0 aliphatic carbocycles. The number of nitrogens with zero attached hydrogens (tertiary/aromatic N) is 5. The molecule has 0 radical (unpaired) electrons. The average molecular weight is 513 g/mol. The highest BCUT2D eigenvalue weighted by Gasteiger charge is 2.61. The van der Waals surface area contributed by atoms with Crippen LogP contribution in [0.25, 0.3) is 0 Å². The van der Waals surface area contributed by atoms with E-state index in [0.29, 0.717) is 4.83 Å². The molecule has 2 unspecified atom stereocenters. The van der Waals surface area contributed by atoms with Gasteiger partial charge in [0.15, 0.2) is 17.5 Å². The Labute approximate surface area is 197 Å². The molecule has 1 fully saturated rings. The molecule has 2 aromatic rings. The van der Waals surface area contributed by atoms with Gasteiger partial charge in [-0.2, -0.15) is 4.98 Å². The Kier molecular flexibility index (Phi) is 8.07. The lowest BCUT2D eigenvalue weighted by atomic mass is 10.1. The molecule has 3 rings (SSSR count). The van der Waals surface area contributed by atoms with Crippen LogP contribution in [0.1, 0.15) is 13.2 Å². The molecule has 0 amide bonds. The van der Waals surface area contributed by atoms with Crippen LogP contribution in [-0.4, -0.2) is 56.1 Å². The van der Waals surface area contributed by atoms with Crippen LogP contribution in [0.3, 0.4) is 0 Å². The van der Waals surface area contributed by atoms with Gasteiger partial charge in [0, 0.05) is 6.20 Å². The van der Waals surface area contributed by atoms with E-state index in [0.717, 1.165) is 17.7 Å². The topological polar surface area (TPSA) is 220 Å². The highest BCUT2D eigenvalue weighted by molar-refractivity contribution is 7.36. The molecule has 0 spiro atoms. The number of aliphatic hydroxyl groups is 1. The Bertz CT molecular complexity index is 1200. The van der Waals surface area contributed by atoms with Crippen molar-refractivity contribution in [2.24, 2.45) is 5.11 Å². The number of aromatic nitrogens is 2. The molecule has 15 nitrogen and oxygen atoms in total. The number of aliphatic carboxylic acids is 1. The molecule has 2 heterocycles. The third-order valence-electron chi connectivity index (χ3n) is 4.91. The van der Waals surface area contributed by atoms with Gasteiger partial charge in [0.05, 0.1) is 12.0 Å². The number of nitrogens with two attached hydrogens (primary N) is 1. The third kappa shape index (κ3) is 5.59. The van der Waals surface area contributed by atoms with Gasteiger partial charge in [0.25, 0.3) is 8.18 Å². The molecule has 6 atom stereocenters. The van der Waals surface area contributed by atoms with Crippen LogP contribution in [0, 0.1) is 5.53 Å². The molecule has 17 heteroatoms. The number of benzene rings is 1. The molecular formula is C18H21FN7O8P. The van der Waals surface area contributed by atoms with Crippen LogP contribution in [0.4, 0.5) is 10.2 Å². The Hall–Kier alpha value is -3.52. The number of hydrogen-bond donors (Lipinski definition) is 3. The van der Waals surface area contributed by atoms with Crippen molar-refractivity contribution in [1.29, 1.82) is 5.53 Å². The largest absolute Gasteiger partial charge is 0.548 e. The summed E-state index contributed by atoms with van der Waals surface area (Å²) in [6.45, 7) is 0.112. The SMILES string of the molecule is CC(C(=O)[O-])N(Oc1ccccc1)[PH](=O)OC[C@@]1(N=[N+]=N)O[C@@H](n2ccc(N)nc2=O)[C@H](O)[C@@H]1F. The van der Waals surface area contributed by atoms with E-state index in [2.05, 4.69) is 15.0 Å². The summed E-state index contributed by atoms with van der Waals surface area (Å²) in [6, 6.07) is 7.36. The van der Waals surface area contributed by atoms with Crippen molar-refractivity contribution in [2.75, 3.05) is 12.3 Å². The first-order valence-corrected chi connectivity index (χ1v) is 11.2. The number of carboxylic acids is 1. The summed E-state index contributed by atoms with van der Waals surface area (Å²) in [5.74, 6) is -1.65. The minimum absolute atomic E-state index is 0.120.